The zero-order valence-corrected chi connectivity index (χ0v) is 15.1. The standard InChI is InChI=1S/C16H12IN3O2S/c1-10-18-15(9-23-10)11-3-2-4-13(7-11)19-14-6-5-12(17)8-16(14)20(21)22/h2-9,19H,1H3. The van der Waals surface area contributed by atoms with Gasteiger partial charge in [0.2, 0.25) is 0 Å². The second kappa shape index (κ2) is 6.63. The molecule has 116 valence electrons. The Bertz CT molecular complexity index is 879. The van der Waals surface area contributed by atoms with Crippen molar-refractivity contribution in [2.24, 2.45) is 0 Å². The van der Waals surface area contributed by atoms with E-state index in [0.29, 0.717) is 5.69 Å². The lowest BCUT2D eigenvalue weighted by atomic mass is 10.1. The van der Waals surface area contributed by atoms with Crippen molar-refractivity contribution in [3.8, 4) is 11.3 Å². The molecule has 1 heterocycles. The molecule has 0 aliphatic heterocycles. The van der Waals surface area contributed by atoms with Crippen LogP contribution in [0.15, 0.2) is 47.8 Å². The quantitative estimate of drug-likeness (QED) is 0.338. The van der Waals surface area contributed by atoms with Crippen LogP contribution in [0, 0.1) is 20.6 Å². The van der Waals surface area contributed by atoms with Crippen LogP contribution < -0.4 is 5.32 Å². The molecule has 0 aliphatic carbocycles. The Balaban J connectivity index is 1.94. The third-order valence-electron chi connectivity index (χ3n) is 3.21. The number of aromatic nitrogens is 1. The van der Waals surface area contributed by atoms with Crippen molar-refractivity contribution in [1.82, 2.24) is 4.98 Å². The van der Waals surface area contributed by atoms with E-state index in [-0.39, 0.29) is 10.6 Å². The highest BCUT2D eigenvalue weighted by Crippen LogP contribution is 2.31. The number of rotatable bonds is 4. The second-order valence-corrected chi connectivity index (χ2v) is 7.18. The van der Waals surface area contributed by atoms with Crippen molar-refractivity contribution in [2.75, 3.05) is 5.32 Å². The normalized spacial score (nSPS) is 10.5. The Morgan fingerprint density at radius 3 is 2.78 bits per heavy atom. The molecule has 0 radical (unpaired) electrons. The molecule has 0 saturated carbocycles. The first-order valence-corrected chi connectivity index (χ1v) is 8.72. The largest absolute Gasteiger partial charge is 0.350 e. The van der Waals surface area contributed by atoms with Crippen molar-refractivity contribution in [2.45, 2.75) is 6.92 Å². The summed E-state index contributed by atoms with van der Waals surface area (Å²) in [6.07, 6.45) is 0. The summed E-state index contributed by atoms with van der Waals surface area (Å²) in [6, 6.07) is 12.8. The molecule has 0 bridgehead atoms. The van der Waals surface area contributed by atoms with Gasteiger partial charge in [-0.1, -0.05) is 12.1 Å². The van der Waals surface area contributed by atoms with E-state index in [1.165, 1.54) is 0 Å². The number of benzene rings is 2. The molecule has 3 aromatic rings. The van der Waals surface area contributed by atoms with E-state index >= 15 is 0 Å². The van der Waals surface area contributed by atoms with E-state index in [4.69, 9.17) is 0 Å². The summed E-state index contributed by atoms with van der Waals surface area (Å²) in [6.45, 7) is 1.96. The van der Waals surface area contributed by atoms with E-state index in [0.717, 1.165) is 25.5 Å². The van der Waals surface area contributed by atoms with Crippen LogP contribution in [0.1, 0.15) is 5.01 Å². The van der Waals surface area contributed by atoms with Gasteiger partial charge in [-0.25, -0.2) is 4.98 Å². The van der Waals surface area contributed by atoms with Gasteiger partial charge in [0.25, 0.3) is 5.69 Å². The highest BCUT2D eigenvalue weighted by Gasteiger charge is 2.14. The number of halogens is 1. The number of hydrogen-bond donors (Lipinski definition) is 1. The molecule has 5 nitrogen and oxygen atoms in total. The molecule has 0 aliphatic rings. The van der Waals surface area contributed by atoms with Crippen LogP contribution in [0.2, 0.25) is 0 Å². The van der Waals surface area contributed by atoms with Gasteiger partial charge in [-0.15, -0.1) is 11.3 Å². The van der Waals surface area contributed by atoms with Gasteiger partial charge in [0.05, 0.1) is 15.6 Å². The minimum atomic E-state index is -0.377. The van der Waals surface area contributed by atoms with Gasteiger partial charge in [0.1, 0.15) is 5.69 Å². The predicted molar refractivity (Wildman–Crippen MR) is 101 cm³/mol. The van der Waals surface area contributed by atoms with Crippen LogP contribution >= 0.6 is 33.9 Å². The number of nitro benzene ring substituents is 1. The number of hydrogen-bond acceptors (Lipinski definition) is 5. The fraction of sp³-hybridized carbons (Fsp3) is 0.0625. The van der Waals surface area contributed by atoms with Crippen LogP contribution in [0.5, 0.6) is 0 Å². The summed E-state index contributed by atoms with van der Waals surface area (Å²) in [7, 11) is 0. The van der Waals surface area contributed by atoms with Crippen LogP contribution in [-0.4, -0.2) is 9.91 Å². The minimum absolute atomic E-state index is 0.0619. The molecule has 23 heavy (non-hydrogen) atoms. The maximum absolute atomic E-state index is 11.2. The van der Waals surface area contributed by atoms with E-state index in [9.17, 15) is 10.1 Å². The number of thiazole rings is 1. The average molecular weight is 437 g/mol. The molecular weight excluding hydrogens is 425 g/mol. The maximum atomic E-state index is 11.2. The SMILES string of the molecule is Cc1nc(-c2cccc(Nc3ccc(I)cc3[N+](=O)[O-])c2)cs1. The molecule has 0 saturated heterocycles. The van der Waals surface area contributed by atoms with E-state index < -0.39 is 0 Å². The Kier molecular flexibility index (Phi) is 4.58. The third-order valence-corrected chi connectivity index (χ3v) is 4.66. The monoisotopic (exact) mass is 437 g/mol. The smallest absolute Gasteiger partial charge is 0.293 e. The van der Waals surface area contributed by atoms with Crippen molar-refractivity contribution < 1.29 is 4.92 Å². The van der Waals surface area contributed by atoms with E-state index in [1.54, 1.807) is 23.5 Å². The van der Waals surface area contributed by atoms with Crippen LogP contribution in [0.3, 0.4) is 0 Å². The van der Waals surface area contributed by atoms with Gasteiger partial charge < -0.3 is 5.32 Å². The molecule has 1 N–H and O–H groups in total. The van der Waals surface area contributed by atoms with Gasteiger partial charge in [0, 0.05) is 26.3 Å². The minimum Gasteiger partial charge on any atom is -0.350 e. The number of nitrogens with zero attached hydrogens (tertiary/aromatic N) is 2. The fourth-order valence-corrected chi connectivity index (χ4v) is 3.27. The summed E-state index contributed by atoms with van der Waals surface area (Å²) in [4.78, 5) is 15.3. The Labute approximate surface area is 150 Å². The van der Waals surface area contributed by atoms with Crippen LogP contribution in [0.4, 0.5) is 17.1 Å². The molecule has 2 aromatic carbocycles. The first kappa shape index (κ1) is 15.9. The number of nitrogens with one attached hydrogen (secondary N) is 1. The average Bonchev–Trinajstić information content (AvgIpc) is 2.96. The summed E-state index contributed by atoms with van der Waals surface area (Å²) in [5.41, 5.74) is 3.21. The van der Waals surface area contributed by atoms with Crippen molar-refractivity contribution >= 4 is 51.0 Å². The molecule has 0 atom stereocenters. The zero-order chi connectivity index (χ0) is 16.4. The van der Waals surface area contributed by atoms with E-state index in [1.807, 2.05) is 42.6 Å². The van der Waals surface area contributed by atoms with E-state index in [2.05, 4.69) is 32.9 Å². The molecule has 7 heteroatoms. The summed E-state index contributed by atoms with van der Waals surface area (Å²) in [5.74, 6) is 0. The van der Waals surface area contributed by atoms with Gasteiger partial charge in [-0.05, 0) is 53.8 Å². The highest BCUT2D eigenvalue weighted by molar-refractivity contribution is 14.1. The molecular formula is C16H12IN3O2S. The lowest BCUT2D eigenvalue weighted by Gasteiger charge is -2.08. The van der Waals surface area contributed by atoms with Crippen molar-refractivity contribution in [3.63, 3.8) is 0 Å². The number of anilines is 2. The topological polar surface area (TPSA) is 68.1 Å². The highest BCUT2D eigenvalue weighted by atomic mass is 127. The first-order valence-electron chi connectivity index (χ1n) is 6.76. The maximum Gasteiger partial charge on any atom is 0.293 e. The molecule has 0 unspecified atom stereocenters. The lowest BCUT2D eigenvalue weighted by molar-refractivity contribution is -0.384. The van der Waals surface area contributed by atoms with Crippen molar-refractivity contribution in [3.05, 3.63) is 66.5 Å². The lowest BCUT2D eigenvalue weighted by Crippen LogP contribution is -1.97. The molecule has 1 aromatic heterocycles. The summed E-state index contributed by atoms with van der Waals surface area (Å²) in [5, 5.41) is 17.3. The third kappa shape index (κ3) is 3.67. The molecule has 3 rings (SSSR count). The van der Waals surface area contributed by atoms with Gasteiger partial charge in [0.15, 0.2) is 0 Å². The van der Waals surface area contributed by atoms with Gasteiger partial charge >= 0.3 is 0 Å². The van der Waals surface area contributed by atoms with Crippen molar-refractivity contribution in [1.29, 1.82) is 0 Å². The Hall–Kier alpha value is -2.00. The van der Waals surface area contributed by atoms with Gasteiger partial charge in [-0.3, -0.25) is 10.1 Å². The first-order chi connectivity index (χ1) is 11.0. The van der Waals surface area contributed by atoms with Crippen LogP contribution in [-0.2, 0) is 0 Å². The predicted octanol–water partition coefficient (Wildman–Crippen LogP) is 5.37. The number of nitro groups is 1. The molecule has 0 amide bonds. The second-order valence-electron chi connectivity index (χ2n) is 4.88. The summed E-state index contributed by atoms with van der Waals surface area (Å²) >= 11 is 3.66. The zero-order valence-electron chi connectivity index (χ0n) is 12.1. The van der Waals surface area contributed by atoms with Gasteiger partial charge in [-0.2, -0.15) is 0 Å². The Morgan fingerprint density at radius 2 is 2.09 bits per heavy atom. The Morgan fingerprint density at radius 1 is 1.26 bits per heavy atom. The molecule has 0 fully saturated rings. The fourth-order valence-electron chi connectivity index (χ4n) is 2.17. The summed E-state index contributed by atoms with van der Waals surface area (Å²) < 4.78 is 0.826. The molecule has 0 spiro atoms. The number of aryl methyl sites for hydroxylation is 1. The van der Waals surface area contributed by atoms with Crippen LogP contribution in [0.25, 0.3) is 11.3 Å².